The highest BCUT2D eigenvalue weighted by Crippen LogP contribution is 2.11. The monoisotopic (exact) mass is 243 g/mol. The van der Waals surface area contributed by atoms with Crippen molar-refractivity contribution in [2.45, 2.75) is 38.9 Å². The van der Waals surface area contributed by atoms with Crippen molar-refractivity contribution in [1.29, 1.82) is 0 Å². The van der Waals surface area contributed by atoms with Crippen molar-refractivity contribution in [1.82, 2.24) is 10.6 Å². The molecule has 1 rings (SSSR count). The van der Waals surface area contributed by atoms with Gasteiger partial charge < -0.3 is 21.1 Å². The Morgan fingerprint density at radius 3 is 2.35 bits per heavy atom. The molecule has 0 aromatic rings. The van der Waals surface area contributed by atoms with E-state index in [1.165, 1.54) is 0 Å². The highest BCUT2D eigenvalue weighted by atomic mass is 16.5. The molecular weight excluding hydrogens is 222 g/mol. The average molecular weight is 243 g/mol. The van der Waals surface area contributed by atoms with E-state index in [0.29, 0.717) is 13.2 Å². The maximum Gasteiger partial charge on any atom is 0.242 e. The summed E-state index contributed by atoms with van der Waals surface area (Å²) in [6, 6.07) is -0.785. The predicted molar refractivity (Wildman–Crippen MR) is 63.2 cm³/mol. The molecule has 0 bridgehead atoms. The molecule has 1 saturated heterocycles. The Balaban J connectivity index is 2.42. The summed E-state index contributed by atoms with van der Waals surface area (Å²) >= 11 is 0. The molecule has 3 unspecified atom stereocenters. The summed E-state index contributed by atoms with van der Waals surface area (Å²) < 4.78 is 5.11. The van der Waals surface area contributed by atoms with E-state index in [1.54, 1.807) is 6.92 Å². The van der Waals surface area contributed by atoms with Crippen molar-refractivity contribution in [3.63, 3.8) is 0 Å². The summed E-state index contributed by atoms with van der Waals surface area (Å²) in [5, 5.41) is 5.38. The molecule has 0 radical (unpaired) electrons. The van der Waals surface area contributed by atoms with Crippen LogP contribution < -0.4 is 16.4 Å². The van der Waals surface area contributed by atoms with Crippen molar-refractivity contribution < 1.29 is 14.3 Å². The van der Waals surface area contributed by atoms with Crippen molar-refractivity contribution in [3.05, 3.63) is 0 Å². The fraction of sp³-hybridized carbons (Fsp3) is 0.818. The minimum absolute atomic E-state index is 0.0546. The van der Waals surface area contributed by atoms with E-state index in [1.807, 2.05) is 13.8 Å². The van der Waals surface area contributed by atoms with Crippen LogP contribution in [0.25, 0.3) is 0 Å². The summed E-state index contributed by atoms with van der Waals surface area (Å²) in [6.45, 7) is 6.10. The zero-order chi connectivity index (χ0) is 13.0. The lowest BCUT2D eigenvalue weighted by molar-refractivity contribution is -0.131. The van der Waals surface area contributed by atoms with E-state index >= 15 is 0 Å². The number of hydrogen-bond acceptors (Lipinski definition) is 4. The van der Waals surface area contributed by atoms with Gasteiger partial charge in [-0.1, -0.05) is 0 Å². The molecule has 17 heavy (non-hydrogen) atoms. The molecule has 3 atom stereocenters. The lowest BCUT2D eigenvalue weighted by Crippen LogP contribution is -2.50. The van der Waals surface area contributed by atoms with Gasteiger partial charge in [0.25, 0.3) is 0 Å². The quantitative estimate of drug-likeness (QED) is 0.590. The molecule has 0 aromatic carbocycles. The highest BCUT2D eigenvalue weighted by Gasteiger charge is 2.32. The van der Waals surface area contributed by atoms with Gasteiger partial charge in [-0.15, -0.1) is 0 Å². The molecule has 0 saturated carbocycles. The number of ether oxygens (including phenoxy) is 1. The van der Waals surface area contributed by atoms with Gasteiger partial charge >= 0.3 is 0 Å². The summed E-state index contributed by atoms with van der Waals surface area (Å²) in [7, 11) is 0. The van der Waals surface area contributed by atoms with Gasteiger partial charge in [-0.05, 0) is 20.8 Å². The molecular formula is C11H21N3O3. The third-order valence-electron chi connectivity index (χ3n) is 2.64. The first kappa shape index (κ1) is 13.9. The van der Waals surface area contributed by atoms with Gasteiger partial charge in [0.15, 0.2) is 0 Å². The van der Waals surface area contributed by atoms with E-state index < -0.39 is 6.04 Å². The molecule has 0 spiro atoms. The van der Waals surface area contributed by atoms with Crippen LogP contribution >= 0.6 is 0 Å². The Morgan fingerprint density at radius 1 is 1.24 bits per heavy atom. The standard InChI is InChI=1S/C11H21N3O3/c1-6(2)13-10(15)7(3)14-11(16)8-4-17-5-9(8)12/h6-9H,4-5,12H2,1-3H3,(H,13,15)(H,14,16). The molecule has 6 nitrogen and oxygen atoms in total. The fourth-order valence-electron chi connectivity index (χ4n) is 1.64. The van der Waals surface area contributed by atoms with E-state index in [-0.39, 0.29) is 29.8 Å². The van der Waals surface area contributed by atoms with Gasteiger partial charge in [0.1, 0.15) is 6.04 Å². The minimum Gasteiger partial charge on any atom is -0.379 e. The Bertz CT molecular complexity index is 294. The summed E-state index contributed by atoms with van der Waals surface area (Å²) in [5.41, 5.74) is 5.73. The molecule has 1 fully saturated rings. The minimum atomic E-state index is -0.558. The third kappa shape index (κ3) is 3.98. The van der Waals surface area contributed by atoms with Crippen LogP contribution in [0.3, 0.4) is 0 Å². The Morgan fingerprint density at radius 2 is 1.88 bits per heavy atom. The van der Waals surface area contributed by atoms with Crippen LogP contribution in [0, 0.1) is 5.92 Å². The van der Waals surface area contributed by atoms with E-state index in [4.69, 9.17) is 10.5 Å². The summed E-state index contributed by atoms with van der Waals surface area (Å²) in [6.07, 6.45) is 0. The second-order valence-electron chi connectivity index (χ2n) is 4.70. The highest BCUT2D eigenvalue weighted by molar-refractivity contribution is 5.88. The van der Waals surface area contributed by atoms with Gasteiger partial charge in [0, 0.05) is 12.1 Å². The van der Waals surface area contributed by atoms with Crippen LogP contribution in [0.5, 0.6) is 0 Å². The first-order valence-electron chi connectivity index (χ1n) is 5.86. The molecule has 1 heterocycles. The largest absolute Gasteiger partial charge is 0.379 e. The normalized spacial score (nSPS) is 25.7. The Hall–Kier alpha value is -1.14. The number of nitrogens with two attached hydrogens (primary N) is 1. The third-order valence-corrected chi connectivity index (χ3v) is 2.64. The molecule has 4 N–H and O–H groups in total. The first-order valence-corrected chi connectivity index (χ1v) is 5.86. The van der Waals surface area contributed by atoms with Crippen LogP contribution in [0.1, 0.15) is 20.8 Å². The zero-order valence-electron chi connectivity index (χ0n) is 10.5. The summed E-state index contributed by atoms with van der Waals surface area (Å²) in [4.78, 5) is 23.4. The van der Waals surface area contributed by atoms with E-state index in [2.05, 4.69) is 10.6 Å². The SMILES string of the molecule is CC(C)NC(=O)C(C)NC(=O)C1COCC1N. The predicted octanol–water partition coefficient (Wildman–Crippen LogP) is -1.01. The average Bonchev–Trinajstić information content (AvgIpc) is 2.63. The van der Waals surface area contributed by atoms with Gasteiger partial charge in [0.2, 0.25) is 11.8 Å². The lowest BCUT2D eigenvalue weighted by atomic mass is 10.0. The Kier molecular flexibility index (Phi) is 4.89. The molecule has 1 aliphatic heterocycles. The number of carbonyl (C=O) groups excluding carboxylic acids is 2. The molecule has 0 aliphatic carbocycles. The molecule has 0 aromatic heterocycles. The van der Waals surface area contributed by atoms with Crippen LogP contribution in [0.2, 0.25) is 0 Å². The lowest BCUT2D eigenvalue weighted by Gasteiger charge is -2.19. The van der Waals surface area contributed by atoms with Crippen molar-refractivity contribution in [2.75, 3.05) is 13.2 Å². The summed E-state index contributed by atoms with van der Waals surface area (Å²) in [5.74, 6) is -0.772. The van der Waals surface area contributed by atoms with Crippen molar-refractivity contribution in [2.24, 2.45) is 11.7 Å². The second kappa shape index (κ2) is 5.97. The number of hydrogen-bond donors (Lipinski definition) is 3. The molecule has 2 amide bonds. The van der Waals surface area contributed by atoms with Crippen LogP contribution in [-0.2, 0) is 14.3 Å². The fourth-order valence-corrected chi connectivity index (χ4v) is 1.64. The smallest absolute Gasteiger partial charge is 0.242 e. The number of nitrogens with one attached hydrogen (secondary N) is 2. The van der Waals surface area contributed by atoms with Crippen molar-refractivity contribution >= 4 is 11.8 Å². The van der Waals surface area contributed by atoms with Gasteiger partial charge in [-0.2, -0.15) is 0 Å². The van der Waals surface area contributed by atoms with Gasteiger partial charge in [0.05, 0.1) is 19.1 Å². The molecule has 98 valence electrons. The topological polar surface area (TPSA) is 93.5 Å². The van der Waals surface area contributed by atoms with Gasteiger partial charge in [-0.3, -0.25) is 9.59 Å². The van der Waals surface area contributed by atoms with Crippen LogP contribution in [0.15, 0.2) is 0 Å². The van der Waals surface area contributed by atoms with E-state index in [9.17, 15) is 9.59 Å². The number of carbonyl (C=O) groups is 2. The number of amides is 2. The molecule has 1 aliphatic rings. The maximum atomic E-state index is 11.8. The van der Waals surface area contributed by atoms with Crippen molar-refractivity contribution in [3.8, 4) is 0 Å². The maximum absolute atomic E-state index is 11.8. The van der Waals surface area contributed by atoms with Gasteiger partial charge in [-0.25, -0.2) is 0 Å². The van der Waals surface area contributed by atoms with Crippen LogP contribution in [0.4, 0.5) is 0 Å². The first-order chi connectivity index (χ1) is 7.91. The van der Waals surface area contributed by atoms with Crippen LogP contribution in [-0.4, -0.2) is 43.2 Å². The Labute approximate surface area is 101 Å². The molecule has 6 heteroatoms. The van der Waals surface area contributed by atoms with E-state index in [0.717, 1.165) is 0 Å². The zero-order valence-corrected chi connectivity index (χ0v) is 10.5. The number of rotatable bonds is 4. The second-order valence-corrected chi connectivity index (χ2v) is 4.70.